The lowest BCUT2D eigenvalue weighted by molar-refractivity contribution is -0.124. The summed E-state index contributed by atoms with van der Waals surface area (Å²) in [5, 5.41) is 16.1. The predicted octanol–water partition coefficient (Wildman–Crippen LogP) is 0.714. The minimum Gasteiger partial charge on any atom is -0.375 e. The van der Waals surface area contributed by atoms with E-state index in [1.54, 1.807) is 35.4 Å². The highest BCUT2D eigenvalue weighted by Crippen LogP contribution is 2.22. The van der Waals surface area contributed by atoms with E-state index in [9.17, 15) is 9.59 Å². The fraction of sp³-hybridized carbons (Fsp3) is 0.333. The van der Waals surface area contributed by atoms with Gasteiger partial charge in [0.2, 0.25) is 5.91 Å². The van der Waals surface area contributed by atoms with Crippen molar-refractivity contribution in [2.24, 2.45) is 0 Å². The van der Waals surface area contributed by atoms with Gasteiger partial charge in [0.05, 0.1) is 29.9 Å². The molecule has 0 spiro atoms. The van der Waals surface area contributed by atoms with Gasteiger partial charge < -0.3 is 15.0 Å². The van der Waals surface area contributed by atoms with Gasteiger partial charge >= 0.3 is 0 Å². The number of carbonyl (C=O) groups excluding carboxylic acids is 2. The van der Waals surface area contributed by atoms with Gasteiger partial charge in [-0.2, -0.15) is 10.4 Å². The molecule has 3 rings (SSSR count). The second kappa shape index (κ2) is 7.80. The molecule has 0 unspecified atom stereocenters. The molecule has 0 fully saturated rings. The van der Waals surface area contributed by atoms with Crippen molar-refractivity contribution < 1.29 is 14.3 Å². The van der Waals surface area contributed by atoms with E-state index in [1.165, 1.54) is 7.11 Å². The molecule has 0 radical (unpaired) electrons. The maximum atomic E-state index is 12.9. The van der Waals surface area contributed by atoms with Gasteiger partial charge in [0.1, 0.15) is 6.61 Å². The Kier molecular flexibility index (Phi) is 5.29. The average Bonchev–Trinajstić information content (AvgIpc) is 3.14. The van der Waals surface area contributed by atoms with Crippen LogP contribution < -0.4 is 5.32 Å². The van der Waals surface area contributed by atoms with E-state index in [2.05, 4.69) is 10.4 Å². The molecule has 0 saturated carbocycles. The molecule has 2 amide bonds. The van der Waals surface area contributed by atoms with E-state index in [-0.39, 0.29) is 24.5 Å². The Labute approximate surface area is 151 Å². The van der Waals surface area contributed by atoms with Crippen molar-refractivity contribution in [3.63, 3.8) is 0 Å². The quantitative estimate of drug-likeness (QED) is 0.853. The van der Waals surface area contributed by atoms with E-state index in [1.807, 2.05) is 16.8 Å². The first-order chi connectivity index (χ1) is 12.6. The van der Waals surface area contributed by atoms with Crippen LogP contribution in [0.3, 0.4) is 0 Å². The van der Waals surface area contributed by atoms with Crippen LogP contribution in [0.5, 0.6) is 0 Å². The van der Waals surface area contributed by atoms with Gasteiger partial charge in [-0.05, 0) is 24.3 Å². The van der Waals surface area contributed by atoms with Crippen LogP contribution in [-0.2, 0) is 16.1 Å². The maximum Gasteiger partial charge on any atom is 0.254 e. The first-order valence-electron chi connectivity index (χ1n) is 8.20. The summed E-state index contributed by atoms with van der Waals surface area (Å²) < 4.78 is 6.65. The fourth-order valence-corrected chi connectivity index (χ4v) is 3.01. The Bertz CT molecular complexity index is 855. The molecule has 1 aromatic carbocycles. The van der Waals surface area contributed by atoms with Gasteiger partial charge in [-0.1, -0.05) is 6.07 Å². The molecule has 2 aromatic rings. The second-order valence-corrected chi connectivity index (χ2v) is 6.04. The van der Waals surface area contributed by atoms with Crippen molar-refractivity contribution in [3.8, 4) is 6.07 Å². The molecule has 26 heavy (non-hydrogen) atoms. The van der Waals surface area contributed by atoms with Crippen LogP contribution in [0.4, 0.5) is 0 Å². The van der Waals surface area contributed by atoms with Crippen molar-refractivity contribution in [1.29, 1.82) is 5.26 Å². The molecule has 8 nitrogen and oxygen atoms in total. The van der Waals surface area contributed by atoms with Crippen LogP contribution >= 0.6 is 0 Å². The highest BCUT2D eigenvalue weighted by atomic mass is 16.5. The first-order valence-corrected chi connectivity index (χ1v) is 8.20. The Morgan fingerprint density at radius 1 is 1.42 bits per heavy atom. The summed E-state index contributed by atoms with van der Waals surface area (Å²) in [6.45, 7) is 1.18. The van der Waals surface area contributed by atoms with Crippen LogP contribution in [0.1, 0.15) is 27.7 Å². The van der Waals surface area contributed by atoms with E-state index in [0.29, 0.717) is 30.8 Å². The molecule has 2 heterocycles. The van der Waals surface area contributed by atoms with Crippen LogP contribution in [0.2, 0.25) is 0 Å². The van der Waals surface area contributed by atoms with E-state index >= 15 is 0 Å². The van der Waals surface area contributed by atoms with E-state index in [4.69, 9.17) is 10.00 Å². The van der Waals surface area contributed by atoms with Gasteiger partial charge in [0.15, 0.2) is 0 Å². The molecular weight excluding hydrogens is 334 g/mol. The van der Waals surface area contributed by atoms with Crippen LogP contribution in [-0.4, -0.2) is 53.3 Å². The highest BCUT2D eigenvalue weighted by molar-refractivity contribution is 5.94. The monoisotopic (exact) mass is 353 g/mol. The second-order valence-electron chi connectivity index (χ2n) is 6.04. The molecule has 0 bridgehead atoms. The number of nitriles is 1. The number of nitrogens with one attached hydrogen (secondary N) is 1. The Hall–Kier alpha value is -3.18. The lowest BCUT2D eigenvalue weighted by Crippen LogP contribution is -2.45. The minimum absolute atomic E-state index is 0.0116. The number of ether oxygens (including phenoxy) is 1. The molecule has 1 N–H and O–H groups in total. The third kappa shape index (κ3) is 3.73. The zero-order valence-electron chi connectivity index (χ0n) is 14.4. The number of methoxy groups -OCH3 is 1. The average molecular weight is 353 g/mol. The van der Waals surface area contributed by atoms with Crippen molar-refractivity contribution in [3.05, 3.63) is 53.3 Å². The summed E-state index contributed by atoms with van der Waals surface area (Å²) in [6.07, 6.45) is 1.68. The standard InChI is InChI=1S/C18H19N5O3/c1-26-12-17(24)20-9-16-11-22(10-15-5-6-21-23(15)16)18(25)14-4-2-3-13(7-14)8-19/h2-7,16H,9-12H2,1H3,(H,20,24)/t16-/m0/s1. The van der Waals surface area contributed by atoms with Crippen LogP contribution in [0.15, 0.2) is 36.5 Å². The number of hydrogen-bond acceptors (Lipinski definition) is 5. The third-order valence-corrected chi connectivity index (χ3v) is 4.22. The Balaban J connectivity index is 1.76. The Morgan fingerprint density at radius 3 is 3.04 bits per heavy atom. The normalized spacial score (nSPS) is 15.8. The molecule has 0 aliphatic carbocycles. The maximum absolute atomic E-state index is 12.9. The lowest BCUT2D eigenvalue weighted by Gasteiger charge is -2.34. The van der Waals surface area contributed by atoms with Crippen molar-refractivity contribution >= 4 is 11.8 Å². The van der Waals surface area contributed by atoms with Crippen molar-refractivity contribution in [2.45, 2.75) is 12.6 Å². The summed E-state index contributed by atoms with van der Waals surface area (Å²) in [5.41, 5.74) is 1.81. The number of carbonyl (C=O) groups is 2. The number of hydrogen-bond donors (Lipinski definition) is 1. The van der Waals surface area contributed by atoms with Gasteiger partial charge in [0.25, 0.3) is 5.91 Å². The minimum atomic E-state index is -0.216. The molecule has 1 aliphatic heterocycles. The van der Waals surface area contributed by atoms with Crippen molar-refractivity contribution in [2.75, 3.05) is 26.8 Å². The topological polar surface area (TPSA) is 100 Å². The molecule has 1 aliphatic rings. The SMILES string of the molecule is COCC(=O)NC[C@H]1CN(C(=O)c2cccc(C#N)c2)Cc2ccnn21. The van der Waals surface area contributed by atoms with Crippen LogP contribution in [0.25, 0.3) is 0 Å². The first kappa shape index (κ1) is 17.6. The highest BCUT2D eigenvalue weighted by Gasteiger charge is 2.29. The molecule has 1 aromatic heterocycles. The summed E-state index contributed by atoms with van der Waals surface area (Å²) in [7, 11) is 1.46. The van der Waals surface area contributed by atoms with Crippen LogP contribution in [0, 0.1) is 11.3 Å². The predicted molar refractivity (Wildman–Crippen MR) is 92.0 cm³/mol. The number of benzene rings is 1. The fourth-order valence-electron chi connectivity index (χ4n) is 3.01. The number of rotatable bonds is 5. The summed E-state index contributed by atoms with van der Waals surface area (Å²) >= 11 is 0. The largest absolute Gasteiger partial charge is 0.375 e. The smallest absolute Gasteiger partial charge is 0.254 e. The summed E-state index contributed by atoms with van der Waals surface area (Å²) in [6, 6.07) is 10.4. The van der Waals surface area contributed by atoms with Crippen molar-refractivity contribution in [1.82, 2.24) is 20.0 Å². The summed E-state index contributed by atoms with van der Waals surface area (Å²) in [4.78, 5) is 26.2. The number of fused-ring (bicyclic) bond motifs is 1. The zero-order valence-corrected chi connectivity index (χ0v) is 14.4. The number of aromatic nitrogens is 2. The van der Waals surface area contributed by atoms with E-state index in [0.717, 1.165) is 5.69 Å². The molecular formula is C18H19N5O3. The number of amides is 2. The van der Waals surface area contributed by atoms with Gasteiger partial charge in [0, 0.05) is 32.0 Å². The van der Waals surface area contributed by atoms with Gasteiger partial charge in [-0.25, -0.2) is 0 Å². The molecule has 0 saturated heterocycles. The lowest BCUT2D eigenvalue weighted by atomic mass is 10.1. The van der Waals surface area contributed by atoms with Gasteiger partial charge in [-0.15, -0.1) is 0 Å². The van der Waals surface area contributed by atoms with Gasteiger partial charge in [-0.3, -0.25) is 14.3 Å². The molecule has 8 heteroatoms. The molecule has 134 valence electrons. The van der Waals surface area contributed by atoms with E-state index < -0.39 is 0 Å². The Morgan fingerprint density at radius 2 is 2.27 bits per heavy atom. The molecule has 1 atom stereocenters. The summed E-state index contributed by atoms with van der Waals surface area (Å²) in [5.74, 6) is -0.367. The zero-order chi connectivity index (χ0) is 18.5. The third-order valence-electron chi connectivity index (χ3n) is 4.22. The number of nitrogens with zero attached hydrogens (tertiary/aromatic N) is 4.